The van der Waals surface area contributed by atoms with Crippen LogP contribution in [0.3, 0.4) is 0 Å². The van der Waals surface area contributed by atoms with E-state index in [0.717, 1.165) is 16.0 Å². The maximum absolute atomic E-state index is 13.3. The summed E-state index contributed by atoms with van der Waals surface area (Å²) in [5, 5.41) is 0.519. The van der Waals surface area contributed by atoms with Gasteiger partial charge in [-0.3, -0.25) is 14.7 Å². The Kier molecular flexibility index (Phi) is 6.51. The van der Waals surface area contributed by atoms with Crippen LogP contribution in [0, 0.1) is 6.92 Å². The first-order chi connectivity index (χ1) is 15.6. The van der Waals surface area contributed by atoms with Gasteiger partial charge in [0.25, 0.3) is 5.91 Å². The number of amides is 1. The Hall–Kier alpha value is -3.65. The molecular formula is C24H23N3O4S. The average molecular weight is 450 g/mol. The van der Waals surface area contributed by atoms with Gasteiger partial charge >= 0.3 is 0 Å². The molecule has 0 N–H and O–H groups in total. The SMILES string of the molecule is COc1ccc(OC)c2sc(N(Cc3ccccn3)C(=O)COc3ccc(C)cc3)nc12. The number of pyridine rings is 1. The molecule has 4 aromatic rings. The van der Waals surface area contributed by atoms with Gasteiger partial charge in [-0.15, -0.1) is 0 Å². The molecule has 2 heterocycles. The van der Waals surface area contributed by atoms with Gasteiger partial charge in [0.1, 0.15) is 27.5 Å². The number of carbonyl (C=O) groups is 1. The Morgan fingerprint density at radius 1 is 1.00 bits per heavy atom. The van der Waals surface area contributed by atoms with Gasteiger partial charge in [0.2, 0.25) is 0 Å². The van der Waals surface area contributed by atoms with E-state index in [1.54, 1.807) is 31.4 Å². The summed E-state index contributed by atoms with van der Waals surface area (Å²) in [7, 11) is 3.19. The highest BCUT2D eigenvalue weighted by Gasteiger charge is 2.23. The van der Waals surface area contributed by atoms with Gasteiger partial charge in [0.15, 0.2) is 11.7 Å². The number of anilines is 1. The van der Waals surface area contributed by atoms with Gasteiger partial charge in [-0.2, -0.15) is 0 Å². The van der Waals surface area contributed by atoms with Crippen molar-refractivity contribution in [1.82, 2.24) is 9.97 Å². The molecule has 0 saturated heterocycles. The highest BCUT2D eigenvalue weighted by Crippen LogP contribution is 2.40. The summed E-state index contributed by atoms with van der Waals surface area (Å²) in [6.07, 6.45) is 1.70. The third-order valence-corrected chi connectivity index (χ3v) is 5.95. The van der Waals surface area contributed by atoms with Crippen LogP contribution < -0.4 is 19.1 Å². The maximum atomic E-state index is 13.3. The zero-order chi connectivity index (χ0) is 22.5. The van der Waals surface area contributed by atoms with Crippen molar-refractivity contribution in [2.75, 3.05) is 25.7 Å². The molecule has 0 bridgehead atoms. The quantitative estimate of drug-likeness (QED) is 0.391. The molecule has 0 radical (unpaired) electrons. The molecule has 0 fully saturated rings. The van der Waals surface area contributed by atoms with Gasteiger partial charge in [0, 0.05) is 6.20 Å². The van der Waals surface area contributed by atoms with Gasteiger partial charge in [-0.05, 0) is 43.3 Å². The summed E-state index contributed by atoms with van der Waals surface area (Å²) in [4.78, 5) is 23.9. The third kappa shape index (κ3) is 4.65. The van der Waals surface area contributed by atoms with E-state index >= 15 is 0 Å². The van der Waals surface area contributed by atoms with E-state index < -0.39 is 0 Å². The van der Waals surface area contributed by atoms with Gasteiger partial charge < -0.3 is 14.2 Å². The molecule has 2 aromatic heterocycles. The lowest BCUT2D eigenvalue weighted by Gasteiger charge is -2.19. The van der Waals surface area contributed by atoms with E-state index in [1.807, 2.05) is 55.5 Å². The normalized spacial score (nSPS) is 10.7. The van der Waals surface area contributed by atoms with Crippen molar-refractivity contribution >= 4 is 32.6 Å². The number of hydrogen-bond acceptors (Lipinski definition) is 7. The van der Waals surface area contributed by atoms with Crippen molar-refractivity contribution < 1.29 is 19.0 Å². The Bertz CT molecular complexity index is 1170. The van der Waals surface area contributed by atoms with Crippen molar-refractivity contribution in [3.63, 3.8) is 0 Å². The third-order valence-electron chi connectivity index (χ3n) is 4.86. The molecule has 2 aromatic carbocycles. The topological polar surface area (TPSA) is 73.8 Å². The monoisotopic (exact) mass is 449 g/mol. The zero-order valence-electron chi connectivity index (χ0n) is 18.1. The van der Waals surface area contributed by atoms with Crippen LogP contribution in [0.2, 0.25) is 0 Å². The largest absolute Gasteiger partial charge is 0.495 e. The van der Waals surface area contributed by atoms with Crippen molar-refractivity contribution in [2.24, 2.45) is 0 Å². The number of fused-ring (bicyclic) bond motifs is 1. The predicted molar refractivity (Wildman–Crippen MR) is 125 cm³/mol. The van der Waals surface area contributed by atoms with E-state index in [-0.39, 0.29) is 19.1 Å². The number of ether oxygens (including phenoxy) is 3. The average Bonchev–Trinajstić information content (AvgIpc) is 3.27. The van der Waals surface area contributed by atoms with Crippen LogP contribution in [0.15, 0.2) is 60.8 Å². The Morgan fingerprint density at radius 3 is 2.44 bits per heavy atom. The van der Waals surface area contributed by atoms with E-state index in [4.69, 9.17) is 19.2 Å². The van der Waals surface area contributed by atoms with Crippen molar-refractivity contribution in [2.45, 2.75) is 13.5 Å². The first-order valence-electron chi connectivity index (χ1n) is 10.0. The van der Waals surface area contributed by atoms with Crippen LogP contribution in [-0.4, -0.2) is 36.7 Å². The first kappa shape index (κ1) is 21.6. The van der Waals surface area contributed by atoms with Gasteiger partial charge in [-0.1, -0.05) is 35.1 Å². The minimum atomic E-state index is -0.229. The fourth-order valence-corrected chi connectivity index (χ4v) is 4.25. The molecule has 8 heteroatoms. The lowest BCUT2D eigenvalue weighted by Crippen LogP contribution is -2.34. The Morgan fingerprint density at radius 2 is 1.75 bits per heavy atom. The number of benzene rings is 2. The number of nitrogens with zero attached hydrogens (tertiary/aromatic N) is 3. The van der Waals surface area contributed by atoms with E-state index in [9.17, 15) is 4.79 Å². The minimum Gasteiger partial charge on any atom is -0.495 e. The maximum Gasteiger partial charge on any atom is 0.267 e. The second-order valence-electron chi connectivity index (χ2n) is 7.05. The van der Waals surface area contributed by atoms with Crippen LogP contribution in [0.25, 0.3) is 10.2 Å². The smallest absolute Gasteiger partial charge is 0.267 e. The second-order valence-corrected chi connectivity index (χ2v) is 8.02. The highest BCUT2D eigenvalue weighted by molar-refractivity contribution is 7.22. The van der Waals surface area contributed by atoms with Gasteiger partial charge in [0.05, 0.1) is 26.5 Å². The molecule has 4 rings (SSSR count). The number of aromatic nitrogens is 2. The zero-order valence-corrected chi connectivity index (χ0v) is 18.9. The van der Waals surface area contributed by atoms with Crippen LogP contribution in [0.1, 0.15) is 11.3 Å². The molecule has 0 aliphatic rings. The molecule has 0 aliphatic heterocycles. The summed E-state index contributed by atoms with van der Waals surface area (Å²) >= 11 is 1.36. The predicted octanol–water partition coefficient (Wildman–Crippen LogP) is 4.63. The van der Waals surface area contributed by atoms with Gasteiger partial charge in [-0.25, -0.2) is 4.98 Å². The summed E-state index contributed by atoms with van der Waals surface area (Å²) in [5.74, 6) is 1.69. The fourth-order valence-electron chi connectivity index (χ4n) is 3.16. The molecule has 0 aliphatic carbocycles. The highest BCUT2D eigenvalue weighted by atomic mass is 32.1. The van der Waals surface area contributed by atoms with E-state index in [1.165, 1.54) is 11.3 Å². The molecule has 32 heavy (non-hydrogen) atoms. The molecule has 164 valence electrons. The standard InChI is InChI=1S/C24H23N3O4S/c1-16-7-9-18(10-8-16)31-15-21(28)27(14-17-6-4-5-13-25-17)24-26-22-19(29-2)11-12-20(30-3)23(22)32-24/h4-13H,14-15H2,1-3H3. The first-order valence-corrected chi connectivity index (χ1v) is 10.8. The fraction of sp³-hybridized carbons (Fsp3) is 0.208. The molecule has 1 amide bonds. The number of carbonyl (C=O) groups excluding carboxylic acids is 1. The van der Waals surface area contributed by atoms with E-state index in [0.29, 0.717) is 27.9 Å². The van der Waals surface area contributed by atoms with Crippen molar-refractivity contribution in [3.8, 4) is 17.2 Å². The molecule has 0 unspecified atom stereocenters. The number of thiazole rings is 1. The van der Waals surface area contributed by atoms with Crippen LogP contribution in [0.5, 0.6) is 17.2 Å². The number of hydrogen-bond donors (Lipinski definition) is 0. The van der Waals surface area contributed by atoms with Crippen LogP contribution >= 0.6 is 11.3 Å². The van der Waals surface area contributed by atoms with E-state index in [2.05, 4.69) is 4.98 Å². The molecular weight excluding hydrogens is 426 g/mol. The lowest BCUT2D eigenvalue weighted by molar-refractivity contribution is -0.120. The number of aryl methyl sites for hydroxylation is 1. The second kappa shape index (κ2) is 9.65. The minimum absolute atomic E-state index is 0.125. The number of methoxy groups -OCH3 is 2. The molecule has 7 nitrogen and oxygen atoms in total. The molecule has 0 spiro atoms. The van der Waals surface area contributed by atoms with Crippen LogP contribution in [-0.2, 0) is 11.3 Å². The van der Waals surface area contributed by atoms with Crippen LogP contribution in [0.4, 0.5) is 5.13 Å². The van der Waals surface area contributed by atoms with Crippen molar-refractivity contribution in [3.05, 3.63) is 72.1 Å². The Labute approximate surface area is 190 Å². The Balaban J connectivity index is 1.67. The summed E-state index contributed by atoms with van der Waals surface area (Å²) in [6.45, 7) is 2.14. The molecule has 0 atom stereocenters. The molecule has 0 saturated carbocycles. The number of rotatable bonds is 8. The summed E-state index contributed by atoms with van der Waals surface area (Å²) < 4.78 is 17.5. The summed E-state index contributed by atoms with van der Waals surface area (Å²) in [6, 6.07) is 16.8. The van der Waals surface area contributed by atoms with Crippen molar-refractivity contribution in [1.29, 1.82) is 0 Å². The summed E-state index contributed by atoms with van der Waals surface area (Å²) in [5.41, 5.74) is 2.51. The lowest BCUT2D eigenvalue weighted by atomic mass is 10.2.